The van der Waals surface area contributed by atoms with E-state index in [4.69, 9.17) is 9.98 Å². The molecule has 5 heterocycles. The van der Waals surface area contributed by atoms with Crippen LogP contribution in [0.2, 0.25) is 0 Å². The first kappa shape index (κ1) is 52.6. The van der Waals surface area contributed by atoms with Gasteiger partial charge in [0, 0.05) is 83.7 Å². The van der Waals surface area contributed by atoms with E-state index in [0.717, 1.165) is 56.3 Å². The molecule has 0 spiro atoms. The molecule has 0 saturated carbocycles. The standard InChI is InChI=1S/C88H58N6/c1-3-23-62(24-4-1)91-78-34-15-11-29-68(78)73-50-57(39-44-82(73)91)59-41-46-84-75(52-59)70-31-13-17-36-80(70)93(84)64-48-61(88-89-77-43-38-56-21-8-10-28-67(56)86(77)87(90-88)72-33-19-22-55-20-7-9-27-66(55)72)49-65(54-64)94-81-37-18-14-32-71(81)76-53-60(42-47-85(76)94)58-40-45-83-74(51-58)69-30-12-16-35-79(69)92(83)63-25-5-2-6-26-63/h1-54,67,70,80,86H. The highest BCUT2D eigenvalue weighted by molar-refractivity contribution is 6.22. The lowest BCUT2D eigenvalue weighted by molar-refractivity contribution is 0.629. The van der Waals surface area contributed by atoms with Gasteiger partial charge in [-0.25, -0.2) is 9.98 Å². The van der Waals surface area contributed by atoms with Gasteiger partial charge in [0.2, 0.25) is 0 Å². The van der Waals surface area contributed by atoms with Crippen molar-refractivity contribution >= 4 is 99.1 Å². The van der Waals surface area contributed by atoms with Crippen molar-refractivity contribution in [3.05, 3.63) is 356 Å². The van der Waals surface area contributed by atoms with E-state index in [9.17, 15) is 0 Å². The summed E-state index contributed by atoms with van der Waals surface area (Å²) in [5.74, 6) is 0.823. The molecule has 0 fully saturated rings. The topological polar surface area (TPSA) is 42.8 Å². The van der Waals surface area contributed by atoms with E-state index >= 15 is 0 Å². The van der Waals surface area contributed by atoms with Crippen LogP contribution in [-0.2, 0) is 0 Å². The molecule has 440 valence electrons. The van der Waals surface area contributed by atoms with E-state index in [-0.39, 0.29) is 23.8 Å². The second kappa shape index (κ2) is 20.7. The third kappa shape index (κ3) is 8.02. The van der Waals surface area contributed by atoms with Crippen LogP contribution in [0.4, 0.5) is 11.4 Å². The number of aliphatic imine (C=N–C) groups is 2. The van der Waals surface area contributed by atoms with Crippen LogP contribution >= 0.6 is 0 Å². The molecule has 0 bridgehead atoms. The largest absolute Gasteiger partial charge is 0.333 e. The zero-order valence-electron chi connectivity index (χ0n) is 51.2. The Balaban J connectivity index is 0.779. The van der Waals surface area contributed by atoms with E-state index in [1.165, 1.54) is 104 Å². The lowest BCUT2D eigenvalue weighted by atomic mass is 9.73. The third-order valence-electron chi connectivity index (χ3n) is 20.5. The van der Waals surface area contributed by atoms with Gasteiger partial charge in [0.05, 0.1) is 56.5 Å². The van der Waals surface area contributed by atoms with Gasteiger partial charge >= 0.3 is 0 Å². The summed E-state index contributed by atoms with van der Waals surface area (Å²) in [5.41, 5.74) is 24.1. The molecule has 2 aliphatic heterocycles. The summed E-state index contributed by atoms with van der Waals surface area (Å²) in [5, 5.41) is 9.70. The normalized spacial score (nSPS) is 17.9. The summed E-state index contributed by atoms with van der Waals surface area (Å²) in [6, 6.07) is 98.7. The number of para-hydroxylation sites is 5. The van der Waals surface area contributed by atoms with E-state index in [0.29, 0.717) is 5.84 Å². The van der Waals surface area contributed by atoms with Crippen molar-refractivity contribution in [2.75, 3.05) is 4.90 Å². The molecule has 0 N–H and O–H groups in total. The number of anilines is 2. The van der Waals surface area contributed by atoms with Crippen LogP contribution in [0.3, 0.4) is 0 Å². The molecule has 12 aromatic carbocycles. The summed E-state index contributed by atoms with van der Waals surface area (Å²) in [6.45, 7) is 0. The Morgan fingerprint density at radius 2 is 0.819 bits per heavy atom. The Kier molecular flexibility index (Phi) is 11.6. The SMILES string of the molecule is C1=CC2=CC=C3N=C(c4cc(N5c6ccc(-c7ccc8c(c7)c7ccccc7n8-c7ccccc7)cc6C6C=CC=CC65)cc(-n5c6ccccc6c6cc(-c7ccc8c(c7)c7ccccc7n8-c7ccccc7)ccc65)c4)N=C(c4cccc5ccccc45)C3C2C=C1. The Morgan fingerprint density at radius 3 is 1.46 bits per heavy atom. The number of nitrogens with zero attached hydrogens (tertiary/aromatic N) is 6. The quantitative estimate of drug-likeness (QED) is 0.149. The minimum absolute atomic E-state index is 0.00706. The molecule has 4 unspecified atom stereocenters. The van der Waals surface area contributed by atoms with Gasteiger partial charge in [-0.05, 0) is 159 Å². The van der Waals surface area contributed by atoms with Gasteiger partial charge in [-0.3, -0.25) is 0 Å². The van der Waals surface area contributed by atoms with E-state index in [1.807, 2.05) is 0 Å². The molecule has 3 aliphatic carbocycles. The van der Waals surface area contributed by atoms with Gasteiger partial charge in [0.15, 0.2) is 5.84 Å². The maximum Gasteiger partial charge on any atom is 0.159 e. The van der Waals surface area contributed by atoms with Crippen LogP contribution in [0.5, 0.6) is 0 Å². The number of amidine groups is 1. The molecule has 15 aromatic rings. The predicted molar refractivity (Wildman–Crippen MR) is 392 cm³/mol. The van der Waals surface area contributed by atoms with Crippen molar-refractivity contribution in [1.29, 1.82) is 0 Å². The van der Waals surface area contributed by atoms with Crippen LogP contribution in [0, 0.1) is 11.8 Å². The van der Waals surface area contributed by atoms with E-state index < -0.39 is 0 Å². The molecule has 94 heavy (non-hydrogen) atoms. The minimum atomic E-state index is -0.0732. The van der Waals surface area contributed by atoms with Crippen molar-refractivity contribution < 1.29 is 0 Å². The Hall–Kier alpha value is -12.1. The molecule has 0 amide bonds. The maximum atomic E-state index is 5.88. The highest BCUT2D eigenvalue weighted by Gasteiger charge is 2.40. The van der Waals surface area contributed by atoms with Gasteiger partial charge in [-0.15, -0.1) is 0 Å². The first-order valence-corrected chi connectivity index (χ1v) is 32.7. The van der Waals surface area contributed by atoms with Crippen molar-refractivity contribution in [3.63, 3.8) is 0 Å². The summed E-state index contributed by atoms with van der Waals surface area (Å²) >= 11 is 0. The average Bonchev–Trinajstić information content (AvgIpc) is 1.05. The maximum absolute atomic E-state index is 5.88. The van der Waals surface area contributed by atoms with Gasteiger partial charge in [-0.1, -0.05) is 212 Å². The third-order valence-corrected chi connectivity index (χ3v) is 20.5. The molecular formula is C88H58N6. The fraction of sp³-hybridized carbons (Fsp3) is 0.0455. The lowest BCUT2D eigenvalue weighted by Crippen LogP contribution is -2.32. The zero-order valence-corrected chi connectivity index (χ0v) is 51.2. The van der Waals surface area contributed by atoms with Gasteiger partial charge in [0.25, 0.3) is 0 Å². The van der Waals surface area contributed by atoms with Crippen molar-refractivity contribution in [3.8, 4) is 39.3 Å². The van der Waals surface area contributed by atoms with Crippen LogP contribution < -0.4 is 4.90 Å². The lowest BCUT2D eigenvalue weighted by Gasteiger charge is -2.34. The fourth-order valence-corrected chi connectivity index (χ4v) is 16.3. The smallest absolute Gasteiger partial charge is 0.159 e. The number of benzene rings is 12. The number of aromatic nitrogens is 3. The highest BCUT2D eigenvalue weighted by Crippen LogP contribution is 2.51. The summed E-state index contributed by atoms with van der Waals surface area (Å²) in [7, 11) is 0. The molecule has 20 rings (SSSR count). The number of hydrogen-bond acceptors (Lipinski definition) is 3. The highest BCUT2D eigenvalue weighted by atomic mass is 15.2. The monoisotopic (exact) mass is 1200 g/mol. The number of allylic oxidation sites excluding steroid dienone is 10. The first-order valence-electron chi connectivity index (χ1n) is 32.7. The molecule has 3 aromatic heterocycles. The van der Waals surface area contributed by atoms with E-state index in [1.54, 1.807) is 0 Å². The van der Waals surface area contributed by atoms with Crippen LogP contribution in [0.25, 0.3) is 116 Å². The predicted octanol–water partition coefficient (Wildman–Crippen LogP) is 21.6. The first-order chi connectivity index (χ1) is 46.6. The minimum Gasteiger partial charge on any atom is -0.333 e. The number of rotatable bonds is 8. The fourth-order valence-electron chi connectivity index (χ4n) is 16.3. The molecule has 6 nitrogen and oxygen atoms in total. The molecule has 0 saturated heterocycles. The van der Waals surface area contributed by atoms with Gasteiger partial charge in [-0.2, -0.15) is 0 Å². The van der Waals surface area contributed by atoms with Crippen LogP contribution in [0.15, 0.2) is 349 Å². The molecule has 5 aliphatic rings. The second-order valence-electron chi connectivity index (χ2n) is 25.6. The second-order valence-corrected chi connectivity index (χ2v) is 25.6. The number of fused-ring (bicyclic) bond motifs is 16. The molecular weight excluding hydrogens is 1140 g/mol. The summed E-state index contributed by atoms with van der Waals surface area (Å²) < 4.78 is 7.26. The van der Waals surface area contributed by atoms with Crippen molar-refractivity contribution in [1.82, 2.24) is 13.7 Å². The molecule has 0 radical (unpaired) electrons. The summed E-state index contributed by atoms with van der Waals surface area (Å²) in [4.78, 5) is 14.2. The molecule has 4 atom stereocenters. The van der Waals surface area contributed by atoms with E-state index in [2.05, 4.69) is 346 Å². The van der Waals surface area contributed by atoms with Gasteiger partial charge < -0.3 is 18.6 Å². The Bertz CT molecular complexity index is 6010. The van der Waals surface area contributed by atoms with Crippen molar-refractivity contribution in [2.45, 2.75) is 12.0 Å². The van der Waals surface area contributed by atoms with Crippen LogP contribution in [0.1, 0.15) is 22.6 Å². The zero-order chi connectivity index (χ0) is 61.5. The Labute approximate surface area is 543 Å². The average molecular weight is 1200 g/mol. The number of hydrogen-bond donors (Lipinski definition) is 0. The molecule has 6 heteroatoms. The summed E-state index contributed by atoms with van der Waals surface area (Å²) in [6.07, 6.45) is 22.7. The van der Waals surface area contributed by atoms with Crippen molar-refractivity contribution in [2.24, 2.45) is 21.8 Å². The van der Waals surface area contributed by atoms with Crippen LogP contribution in [-0.4, -0.2) is 31.3 Å². The Morgan fingerprint density at radius 1 is 0.319 bits per heavy atom. The van der Waals surface area contributed by atoms with Gasteiger partial charge in [0.1, 0.15) is 0 Å².